The van der Waals surface area contributed by atoms with Crippen LogP contribution in [0.4, 0.5) is 0 Å². The normalized spacial score (nSPS) is 14.2. The van der Waals surface area contributed by atoms with Gasteiger partial charge in [0.25, 0.3) is 5.91 Å². The lowest BCUT2D eigenvalue weighted by molar-refractivity contribution is -0.120. The molecule has 2 aromatic rings. The molecular formula is C25H33N3O6. The second-order valence-corrected chi connectivity index (χ2v) is 7.90. The lowest BCUT2D eigenvalue weighted by Gasteiger charge is -2.29. The molecule has 0 bridgehead atoms. The molecule has 2 N–H and O–H groups in total. The first kappa shape index (κ1) is 25.2. The van der Waals surface area contributed by atoms with E-state index in [1.54, 1.807) is 19.2 Å². The fourth-order valence-corrected chi connectivity index (χ4v) is 4.18. The summed E-state index contributed by atoms with van der Waals surface area (Å²) in [6.07, 6.45) is 2.26. The molecule has 184 valence electrons. The maximum Gasteiger partial charge on any atom is 0.251 e. The van der Waals surface area contributed by atoms with E-state index in [4.69, 9.17) is 18.9 Å². The number of nitrogens with one attached hydrogen (secondary N) is 2. The van der Waals surface area contributed by atoms with Gasteiger partial charge in [0.05, 0.1) is 41.0 Å². The Morgan fingerprint density at radius 2 is 1.50 bits per heavy atom. The first-order valence-electron chi connectivity index (χ1n) is 11.2. The molecule has 0 spiro atoms. The SMILES string of the molecule is COc1ccccc1C(CNC(=O)CNC(=O)c1cc(OC)c(OC)c(OC)c1)N1CCCC1. The summed E-state index contributed by atoms with van der Waals surface area (Å²) in [4.78, 5) is 27.6. The van der Waals surface area contributed by atoms with Crippen LogP contribution in [0.5, 0.6) is 23.0 Å². The Bertz CT molecular complexity index is 965. The quantitative estimate of drug-likeness (QED) is 0.519. The van der Waals surface area contributed by atoms with Crippen molar-refractivity contribution in [2.75, 3.05) is 54.6 Å². The molecule has 3 rings (SSSR count). The molecule has 0 aliphatic carbocycles. The van der Waals surface area contributed by atoms with Gasteiger partial charge in [0, 0.05) is 17.7 Å². The Morgan fingerprint density at radius 3 is 2.09 bits per heavy atom. The van der Waals surface area contributed by atoms with Crippen molar-refractivity contribution < 1.29 is 28.5 Å². The van der Waals surface area contributed by atoms with E-state index in [0.717, 1.165) is 37.2 Å². The molecular weight excluding hydrogens is 438 g/mol. The Balaban J connectivity index is 1.63. The Labute approximate surface area is 200 Å². The lowest BCUT2D eigenvalue weighted by atomic mass is 10.0. The van der Waals surface area contributed by atoms with Gasteiger partial charge in [-0.2, -0.15) is 0 Å². The molecule has 0 saturated carbocycles. The minimum absolute atomic E-state index is 0.00610. The summed E-state index contributed by atoms with van der Waals surface area (Å²) in [5.41, 5.74) is 1.33. The number of carbonyl (C=O) groups is 2. The van der Waals surface area contributed by atoms with E-state index in [1.165, 1.54) is 21.3 Å². The molecule has 34 heavy (non-hydrogen) atoms. The van der Waals surface area contributed by atoms with Crippen molar-refractivity contribution in [2.24, 2.45) is 0 Å². The van der Waals surface area contributed by atoms with Gasteiger partial charge >= 0.3 is 0 Å². The zero-order chi connectivity index (χ0) is 24.5. The molecule has 1 aliphatic rings. The van der Waals surface area contributed by atoms with Gasteiger partial charge in [-0.05, 0) is 44.1 Å². The van der Waals surface area contributed by atoms with Gasteiger partial charge in [0.1, 0.15) is 5.75 Å². The van der Waals surface area contributed by atoms with E-state index >= 15 is 0 Å². The van der Waals surface area contributed by atoms with Crippen LogP contribution >= 0.6 is 0 Å². The highest BCUT2D eigenvalue weighted by Gasteiger charge is 2.26. The van der Waals surface area contributed by atoms with Crippen LogP contribution in [0.2, 0.25) is 0 Å². The van der Waals surface area contributed by atoms with E-state index < -0.39 is 5.91 Å². The third kappa shape index (κ3) is 5.91. The third-order valence-corrected chi connectivity index (χ3v) is 5.91. The number of carbonyl (C=O) groups excluding carboxylic acids is 2. The van der Waals surface area contributed by atoms with Gasteiger partial charge in [-0.3, -0.25) is 14.5 Å². The van der Waals surface area contributed by atoms with Crippen LogP contribution in [0.15, 0.2) is 36.4 Å². The van der Waals surface area contributed by atoms with Gasteiger partial charge in [-0.15, -0.1) is 0 Å². The smallest absolute Gasteiger partial charge is 0.251 e. The van der Waals surface area contributed by atoms with Gasteiger partial charge < -0.3 is 29.6 Å². The second-order valence-electron chi connectivity index (χ2n) is 7.90. The number of hydrogen-bond donors (Lipinski definition) is 2. The predicted octanol–water partition coefficient (Wildman–Crippen LogP) is 2.40. The molecule has 9 nitrogen and oxygen atoms in total. The molecule has 1 heterocycles. The first-order valence-corrected chi connectivity index (χ1v) is 11.2. The Kier molecular flexibility index (Phi) is 8.98. The minimum Gasteiger partial charge on any atom is -0.496 e. The molecule has 0 aromatic heterocycles. The molecule has 9 heteroatoms. The van der Waals surface area contributed by atoms with Crippen LogP contribution in [-0.4, -0.2) is 71.3 Å². The van der Waals surface area contributed by atoms with Gasteiger partial charge in [0.2, 0.25) is 11.7 Å². The largest absolute Gasteiger partial charge is 0.496 e. The molecule has 1 unspecified atom stereocenters. The standard InChI is InChI=1S/C25H33N3O6/c1-31-20-10-6-5-9-18(20)19(28-11-7-8-12-28)15-26-23(29)16-27-25(30)17-13-21(32-2)24(34-4)22(14-17)33-3/h5-6,9-10,13-14,19H,7-8,11-12,15-16H2,1-4H3,(H,26,29)(H,27,30). The number of benzene rings is 2. The summed E-state index contributed by atoms with van der Waals surface area (Å²) >= 11 is 0. The number of nitrogens with zero attached hydrogens (tertiary/aromatic N) is 1. The number of likely N-dealkylation sites (tertiary alicyclic amines) is 1. The summed E-state index contributed by atoms with van der Waals surface area (Å²) in [5, 5.41) is 5.61. The highest BCUT2D eigenvalue weighted by atomic mass is 16.5. The average molecular weight is 472 g/mol. The van der Waals surface area contributed by atoms with Crippen LogP contribution < -0.4 is 29.6 Å². The van der Waals surface area contributed by atoms with Crippen molar-refractivity contribution >= 4 is 11.8 Å². The van der Waals surface area contributed by atoms with Crippen LogP contribution in [0, 0.1) is 0 Å². The van der Waals surface area contributed by atoms with Crippen molar-refractivity contribution in [3.05, 3.63) is 47.5 Å². The van der Waals surface area contributed by atoms with Crippen molar-refractivity contribution in [1.82, 2.24) is 15.5 Å². The number of methoxy groups -OCH3 is 4. The minimum atomic E-state index is -0.421. The summed E-state index contributed by atoms with van der Waals surface area (Å²) < 4.78 is 21.4. The van der Waals surface area contributed by atoms with Gasteiger partial charge in [-0.1, -0.05) is 18.2 Å². The highest BCUT2D eigenvalue weighted by Crippen LogP contribution is 2.38. The van der Waals surface area contributed by atoms with Crippen LogP contribution in [0.3, 0.4) is 0 Å². The van der Waals surface area contributed by atoms with Crippen LogP contribution in [0.25, 0.3) is 0 Å². The number of para-hydroxylation sites is 1. The first-order chi connectivity index (χ1) is 16.5. The van der Waals surface area contributed by atoms with E-state index in [9.17, 15) is 9.59 Å². The van der Waals surface area contributed by atoms with Crippen LogP contribution in [0.1, 0.15) is 34.8 Å². The molecule has 1 saturated heterocycles. The third-order valence-electron chi connectivity index (χ3n) is 5.91. The highest BCUT2D eigenvalue weighted by molar-refractivity contribution is 5.97. The fourth-order valence-electron chi connectivity index (χ4n) is 4.18. The van der Waals surface area contributed by atoms with Crippen molar-refractivity contribution in [3.8, 4) is 23.0 Å². The maximum absolute atomic E-state index is 12.7. The number of amides is 2. The van der Waals surface area contributed by atoms with Crippen molar-refractivity contribution in [1.29, 1.82) is 0 Å². The van der Waals surface area contributed by atoms with E-state index in [-0.39, 0.29) is 18.5 Å². The number of hydrogen-bond acceptors (Lipinski definition) is 7. The summed E-state index contributed by atoms with van der Waals surface area (Å²) in [6, 6.07) is 10.9. The zero-order valence-electron chi connectivity index (χ0n) is 20.2. The molecule has 2 amide bonds. The average Bonchev–Trinajstić information content (AvgIpc) is 3.41. The van der Waals surface area contributed by atoms with E-state index in [2.05, 4.69) is 15.5 Å². The molecule has 1 aliphatic heterocycles. The van der Waals surface area contributed by atoms with Gasteiger partial charge in [-0.25, -0.2) is 0 Å². The summed E-state index contributed by atoms with van der Waals surface area (Å²) in [7, 11) is 6.10. The Morgan fingerprint density at radius 1 is 0.882 bits per heavy atom. The summed E-state index contributed by atoms with van der Waals surface area (Å²) in [5.74, 6) is 1.21. The number of ether oxygens (including phenoxy) is 4. The van der Waals surface area contributed by atoms with Crippen molar-refractivity contribution in [3.63, 3.8) is 0 Å². The van der Waals surface area contributed by atoms with E-state index in [0.29, 0.717) is 29.4 Å². The number of rotatable bonds is 11. The molecule has 2 aromatic carbocycles. The zero-order valence-corrected chi connectivity index (χ0v) is 20.2. The topological polar surface area (TPSA) is 98.4 Å². The van der Waals surface area contributed by atoms with Crippen molar-refractivity contribution in [2.45, 2.75) is 18.9 Å². The van der Waals surface area contributed by atoms with Crippen LogP contribution in [-0.2, 0) is 4.79 Å². The fraction of sp³-hybridized carbons (Fsp3) is 0.440. The van der Waals surface area contributed by atoms with E-state index in [1.807, 2.05) is 24.3 Å². The molecule has 1 atom stereocenters. The second kappa shape index (κ2) is 12.1. The monoisotopic (exact) mass is 471 g/mol. The molecule has 0 radical (unpaired) electrons. The van der Waals surface area contributed by atoms with Gasteiger partial charge in [0.15, 0.2) is 11.5 Å². The molecule has 1 fully saturated rings. The predicted molar refractivity (Wildman–Crippen MR) is 128 cm³/mol. The lowest BCUT2D eigenvalue weighted by Crippen LogP contribution is -2.41. The maximum atomic E-state index is 12.7. The summed E-state index contributed by atoms with van der Waals surface area (Å²) in [6.45, 7) is 2.19. The Hall–Kier alpha value is -3.46.